The van der Waals surface area contributed by atoms with Crippen LogP contribution in [0.5, 0.6) is 0 Å². The predicted octanol–water partition coefficient (Wildman–Crippen LogP) is 4.18. The molecular weight excluding hydrogens is 264 g/mol. The number of hydrogen-bond donors (Lipinski definition) is 0. The molecule has 1 aromatic carbocycles. The molecule has 1 heterocycles. The van der Waals surface area contributed by atoms with Gasteiger partial charge in [-0.2, -0.15) is 11.8 Å². The quantitative estimate of drug-likeness (QED) is 0.839. The second kappa shape index (κ2) is 6.21. The Balaban J connectivity index is 1.90. The highest BCUT2D eigenvalue weighted by atomic mass is 35.5. The molecule has 1 aromatic heterocycles. The van der Waals surface area contributed by atoms with Crippen LogP contribution in [0, 0.1) is 13.8 Å². The van der Waals surface area contributed by atoms with E-state index in [1.165, 1.54) is 16.7 Å². The van der Waals surface area contributed by atoms with Crippen LogP contribution >= 0.6 is 23.4 Å². The zero-order valence-corrected chi connectivity index (χ0v) is 12.1. The van der Waals surface area contributed by atoms with Crippen molar-refractivity contribution in [2.24, 2.45) is 0 Å². The molecule has 2 aromatic rings. The Morgan fingerprint density at radius 1 is 1.00 bits per heavy atom. The molecule has 0 aliphatic heterocycles. The third-order valence-corrected chi connectivity index (χ3v) is 3.71. The van der Waals surface area contributed by atoms with Crippen LogP contribution in [0.2, 0.25) is 5.15 Å². The highest BCUT2D eigenvalue weighted by Gasteiger charge is 1.99. The van der Waals surface area contributed by atoms with Gasteiger partial charge in [0.1, 0.15) is 5.15 Å². The van der Waals surface area contributed by atoms with Crippen LogP contribution in [0.1, 0.15) is 22.4 Å². The van der Waals surface area contributed by atoms with E-state index in [0.717, 1.165) is 17.2 Å². The molecule has 0 N–H and O–H groups in total. The number of thioether (sulfide) groups is 1. The van der Waals surface area contributed by atoms with Gasteiger partial charge in [0.25, 0.3) is 0 Å². The minimum absolute atomic E-state index is 0.443. The Morgan fingerprint density at radius 2 is 1.72 bits per heavy atom. The summed E-state index contributed by atoms with van der Waals surface area (Å²) in [4.78, 5) is 8.25. The summed E-state index contributed by atoms with van der Waals surface area (Å²) in [5.74, 6) is 1.85. The molecule has 0 aliphatic carbocycles. The van der Waals surface area contributed by atoms with Crippen molar-refractivity contribution in [3.63, 3.8) is 0 Å². The lowest BCUT2D eigenvalue weighted by molar-refractivity contribution is 1.10. The fourth-order valence-electron chi connectivity index (χ4n) is 1.84. The number of aromatic nitrogens is 2. The molecule has 2 nitrogen and oxygen atoms in total. The SMILES string of the molecule is Cc1cc(C)cc(CSCc2cnc(Cl)cn2)c1. The highest BCUT2D eigenvalue weighted by Crippen LogP contribution is 2.19. The molecule has 0 bridgehead atoms. The van der Waals surface area contributed by atoms with Gasteiger partial charge in [0.2, 0.25) is 0 Å². The van der Waals surface area contributed by atoms with Gasteiger partial charge in [0, 0.05) is 11.5 Å². The summed E-state index contributed by atoms with van der Waals surface area (Å²) in [6.07, 6.45) is 3.32. The van der Waals surface area contributed by atoms with Gasteiger partial charge in [-0.1, -0.05) is 40.9 Å². The summed E-state index contributed by atoms with van der Waals surface area (Å²) < 4.78 is 0. The first-order chi connectivity index (χ1) is 8.63. The van der Waals surface area contributed by atoms with E-state index < -0.39 is 0 Å². The Bertz CT molecular complexity index is 506. The zero-order chi connectivity index (χ0) is 13.0. The van der Waals surface area contributed by atoms with E-state index in [1.807, 2.05) is 11.8 Å². The van der Waals surface area contributed by atoms with Gasteiger partial charge in [-0.15, -0.1) is 0 Å². The van der Waals surface area contributed by atoms with Gasteiger partial charge in [-0.3, -0.25) is 4.98 Å². The van der Waals surface area contributed by atoms with Crippen LogP contribution in [0.3, 0.4) is 0 Å². The van der Waals surface area contributed by atoms with Crippen molar-refractivity contribution >= 4 is 23.4 Å². The highest BCUT2D eigenvalue weighted by molar-refractivity contribution is 7.97. The number of nitrogens with zero attached hydrogens (tertiary/aromatic N) is 2. The molecule has 2 rings (SSSR count). The van der Waals surface area contributed by atoms with E-state index in [4.69, 9.17) is 11.6 Å². The van der Waals surface area contributed by atoms with Crippen molar-refractivity contribution in [2.45, 2.75) is 25.4 Å². The summed E-state index contributed by atoms with van der Waals surface area (Å²) in [6.45, 7) is 4.26. The van der Waals surface area contributed by atoms with Gasteiger partial charge in [-0.25, -0.2) is 4.98 Å². The minimum atomic E-state index is 0.443. The minimum Gasteiger partial charge on any atom is -0.256 e. The first-order valence-corrected chi connectivity index (χ1v) is 7.28. The maximum absolute atomic E-state index is 5.70. The standard InChI is InChI=1S/C14H15ClN2S/c1-10-3-11(2)5-12(4-10)8-18-9-13-6-17-14(15)7-16-13/h3-7H,8-9H2,1-2H3. The third kappa shape index (κ3) is 4.00. The van der Waals surface area contributed by atoms with E-state index in [-0.39, 0.29) is 0 Å². The van der Waals surface area contributed by atoms with Crippen molar-refractivity contribution in [3.8, 4) is 0 Å². The molecule has 0 saturated heterocycles. The van der Waals surface area contributed by atoms with Gasteiger partial charge in [0.15, 0.2) is 0 Å². The molecule has 0 atom stereocenters. The first kappa shape index (κ1) is 13.4. The van der Waals surface area contributed by atoms with Crippen LogP contribution in [-0.4, -0.2) is 9.97 Å². The Labute approximate surface area is 117 Å². The van der Waals surface area contributed by atoms with Gasteiger partial charge in [0.05, 0.1) is 18.1 Å². The van der Waals surface area contributed by atoms with Crippen LogP contribution in [0.15, 0.2) is 30.6 Å². The largest absolute Gasteiger partial charge is 0.256 e. The van der Waals surface area contributed by atoms with Crippen molar-refractivity contribution in [1.82, 2.24) is 9.97 Å². The van der Waals surface area contributed by atoms with E-state index in [0.29, 0.717) is 5.15 Å². The molecule has 94 valence electrons. The van der Waals surface area contributed by atoms with Crippen molar-refractivity contribution < 1.29 is 0 Å². The smallest absolute Gasteiger partial charge is 0.147 e. The number of hydrogen-bond acceptors (Lipinski definition) is 3. The van der Waals surface area contributed by atoms with Gasteiger partial charge >= 0.3 is 0 Å². The Hall–Kier alpha value is -1.06. The second-order valence-electron chi connectivity index (χ2n) is 4.32. The average Bonchev–Trinajstić information content (AvgIpc) is 2.30. The topological polar surface area (TPSA) is 25.8 Å². The molecule has 0 unspecified atom stereocenters. The molecule has 0 spiro atoms. The summed E-state index contributed by atoms with van der Waals surface area (Å²) in [5, 5.41) is 0.443. The summed E-state index contributed by atoms with van der Waals surface area (Å²) in [5.41, 5.74) is 4.96. The fraction of sp³-hybridized carbons (Fsp3) is 0.286. The van der Waals surface area contributed by atoms with Crippen molar-refractivity contribution in [2.75, 3.05) is 0 Å². The first-order valence-electron chi connectivity index (χ1n) is 5.75. The lowest BCUT2D eigenvalue weighted by Crippen LogP contribution is -1.90. The maximum atomic E-state index is 5.70. The molecule has 0 aliphatic rings. The monoisotopic (exact) mass is 278 g/mol. The van der Waals surface area contributed by atoms with Gasteiger partial charge < -0.3 is 0 Å². The number of benzene rings is 1. The van der Waals surface area contributed by atoms with Crippen LogP contribution in [0.4, 0.5) is 0 Å². The average molecular weight is 279 g/mol. The number of rotatable bonds is 4. The molecule has 0 radical (unpaired) electrons. The molecular formula is C14H15ClN2S. The van der Waals surface area contributed by atoms with E-state index in [9.17, 15) is 0 Å². The molecule has 0 saturated carbocycles. The zero-order valence-electron chi connectivity index (χ0n) is 10.5. The molecule has 4 heteroatoms. The third-order valence-electron chi connectivity index (χ3n) is 2.47. The predicted molar refractivity (Wildman–Crippen MR) is 78.0 cm³/mol. The van der Waals surface area contributed by atoms with Crippen LogP contribution in [-0.2, 0) is 11.5 Å². The maximum Gasteiger partial charge on any atom is 0.147 e. The normalized spacial score (nSPS) is 10.6. The summed E-state index contributed by atoms with van der Waals surface area (Å²) >= 11 is 7.53. The Morgan fingerprint density at radius 3 is 2.33 bits per heavy atom. The van der Waals surface area contributed by atoms with Crippen molar-refractivity contribution in [1.29, 1.82) is 0 Å². The van der Waals surface area contributed by atoms with Crippen LogP contribution in [0.25, 0.3) is 0 Å². The van der Waals surface area contributed by atoms with Gasteiger partial charge in [-0.05, 0) is 19.4 Å². The molecule has 0 amide bonds. The summed E-state index contributed by atoms with van der Waals surface area (Å²) in [6, 6.07) is 6.65. The van der Waals surface area contributed by atoms with E-state index in [1.54, 1.807) is 12.4 Å². The molecule has 0 fully saturated rings. The Kier molecular flexibility index (Phi) is 4.61. The lowest BCUT2D eigenvalue weighted by Gasteiger charge is -2.05. The van der Waals surface area contributed by atoms with E-state index in [2.05, 4.69) is 42.0 Å². The number of halogens is 1. The molecule has 18 heavy (non-hydrogen) atoms. The van der Waals surface area contributed by atoms with Crippen LogP contribution < -0.4 is 0 Å². The summed E-state index contributed by atoms with van der Waals surface area (Å²) in [7, 11) is 0. The second-order valence-corrected chi connectivity index (χ2v) is 5.69. The number of aryl methyl sites for hydroxylation is 2. The van der Waals surface area contributed by atoms with Crippen molar-refractivity contribution in [3.05, 3.63) is 58.1 Å². The fourth-order valence-corrected chi connectivity index (χ4v) is 2.80. The van der Waals surface area contributed by atoms with E-state index >= 15 is 0 Å². The lowest BCUT2D eigenvalue weighted by atomic mass is 10.1.